The number of hydrogen-bond acceptors (Lipinski definition) is 2. The van der Waals surface area contributed by atoms with E-state index in [2.05, 4.69) is 39.8 Å². The van der Waals surface area contributed by atoms with E-state index >= 15 is 0 Å². The fourth-order valence-electron chi connectivity index (χ4n) is 2.12. The molecular weight excluding hydrogens is 202 g/mol. The van der Waals surface area contributed by atoms with Gasteiger partial charge in [-0.2, -0.15) is 0 Å². The summed E-state index contributed by atoms with van der Waals surface area (Å²) in [6, 6.07) is 4.82. The minimum absolute atomic E-state index is 0.297. The molecule has 0 radical (unpaired) electrons. The van der Waals surface area contributed by atoms with Crippen molar-refractivity contribution in [2.45, 2.75) is 53.0 Å². The molecule has 2 heteroatoms. The monoisotopic (exact) mass is 225 g/mol. The lowest BCUT2D eigenvalue weighted by molar-refractivity contribution is 0.311. The van der Waals surface area contributed by atoms with Crippen LogP contribution in [0.5, 0.6) is 0 Å². The average Bonchev–Trinajstić information content (AvgIpc) is 2.48. The molecule has 1 nitrogen and oxygen atoms in total. The Bertz CT molecular complexity index is 299. The predicted octanol–water partition coefficient (Wildman–Crippen LogP) is 3.62. The highest BCUT2D eigenvalue weighted by Gasteiger charge is 2.20. The molecule has 0 aliphatic rings. The summed E-state index contributed by atoms with van der Waals surface area (Å²) in [5, 5.41) is 0. The Kier molecular flexibility index (Phi) is 4.35. The van der Waals surface area contributed by atoms with Crippen molar-refractivity contribution in [3.05, 3.63) is 21.9 Å². The fourth-order valence-corrected chi connectivity index (χ4v) is 3.34. The van der Waals surface area contributed by atoms with Crippen molar-refractivity contribution in [2.75, 3.05) is 0 Å². The molecule has 0 aromatic carbocycles. The van der Waals surface area contributed by atoms with Gasteiger partial charge in [0.15, 0.2) is 0 Å². The van der Waals surface area contributed by atoms with Gasteiger partial charge in [0.05, 0.1) is 0 Å². The Balaban J connectivity index is 2.59. The minimum Gasteiger partial charge on any atom is -0.328 e. The van der Waals surface area contributed by atoms with E-state index in [0.29, 0.717) is 11.5 Å². The van der Waals surface area contributed by atoms with Gasteiger partial charge in [-0.3, -0.25) is 0 Å². The molecule has 1 heterocycles. The van der Waals surface area contributed by atoms with Crippen molar-refractivity contribution < 1.29 is 0 Å². The summed E-state index contributed by atoms with van der Waals surface area (Å²) in [6.45, 7) is 8.92. The van der Waals surface area contributed by atoms with Crippen molar-refractivity contribution in [2.24, 2.45) is 11.1 Å². The van der Waals surface area contributed by atoms with Gasteiger partial charge in [-0.15, -0.1) is 11.3 Å². The third-order valence-electron chi connectivity index (χ3n) is 2.59. The molecule has 86 valence electrons. The van der Waals surface area contributed by atoms with Gasteiger partial charge < -0.3 is 5.73 Å². The molecule has 1 aromatic rings. The molecule has 0 aliphatic carbocycles. The molecule has 0 fully saturated rings. The molecule has 0 saturated carbocycles. The number of nitrogens with two attached hydrogens (primary N) is 1. The molecule has 0 saturated heterocycles. The van der Waals surface area contributed by atoms with Crippen LogP contribution in [0.25, 0.3) is 0 Å². The van der Waals surface area contributed by atoms with Gasteiger partial charge in [0.25, 0.3) is 0 Å². The first-order chi connectivity index (χ1) is 6.93. The average molecular weight is 225 g/mol. The molecule has 1 aromatic heterocycles. The summed E-state index contributed by atoms with van der Waals surface area (Å²) in [6.07, 6.45) is 3.39. The smallest absolute Gasteiger partial charge is 0.00534 e. The zero-order chi connectivity index (χ0) is 11.5. The van der Waals surface area contributed by atoms with Crippen LogP contribution in [-0.2, 0) is 12.8 Å². The van der Waals surface area contributed by atoms with Crippen LogP contribution in [0.1, 0.15) is 43.9 Å². The third kappa shape index (κ3) is 4.35. The first-order valence-electron chi connectivity index (χ1n) is 5.76. The Morgan fingerprint density at radius 2 is 1.93 bits per heavy atom. The molecule has 1 rings (SSSR count). The van der Waals surface area contributed by atoms with Gasteiger partial charge in [-0.1, -0.05) is 20.8 Å². The zero-order valence-electron chi connectivity index (χ0n) is 10.3. The Morgan fingerprint density at radius 3 is 2.40 bits per heavy atom. The van der Waals surface area contributed by atoms with E-state index < -0.39 is 0 Å². The summed E-state index contributed by atoms with van der Waals surface area (Å²) in [7, 11) is 0. The van der Waals surface area contributed by atoms with E-state index in [4.69, 9.17) is 5.73 Å². The Hall–Kier alpha value is -0.340. The van der Waals surface area contributed by atoms with Crippen molar-refractivity contribution in [3.63, 3.8) is 0 Å². The van der Waals surface area contributed by atoms with Gasteiger partial charge in [-0.05, 0) is 43.7 Å². The topological polar surface area (TPSA) is 26.0 Å². The zero-order valence-corrected chi connectivity index (χ0v) is 11.2. The molecule has 15 heavy (non-hydrogen) atoms. The lowest BCUT2D eigenvalue weighted by Gasteiger charge is -2.25. The fraction of sp³-hybridized carbons (Fsp3) is 0.692. The maximum absolute atomic E-state index is 5.87. The van der Waals surface area contributed by atoms with E-state index in [9.17, 15) is 0 Å². The summed E-state index contributed by atoms with van der Waals surface area (Å²) in [5.74, 6) is 0. The Morgan fingerprint density at radius 1 is 1.33 bits per heavy atom. The van der Waals surface area contributed by atoms with Crippen molar-refractivity contribution in [3.8, 4) is 0 Å². The largest absolute Gasteiger partial charge is 0.328 e. The van der Waals surface area contributed by atoms with Crippen molar-refractivity contribution in [1.82, 2.24) is 0 Å². The first kappa shape index (κ1) is 12.7. The van der Waals surface area contributed by atoms with E-state index in [1.807, 2.05) is 11.3 Å². The van der Waals surface area contributed by atoms with Gasteiger partial charge in [0.2, 0.25) is 0 Å². The summed E-state index contributed by atoms with van der Waals surface area (Å²) in [5.41, 5.74) is 6.19. The highest BCUT2D eigenvalue weighted by Crippen LogP contribution is 2.30. The van der Waals surface area contributed by atoms with Crippen molar-refractivity contribution in [1.29, 1.82) is 0 Å². The second-order valence-corrected chi connectivity index (χ2v) is 6.50. The first-order valence-corrected chi connectivity index (χ1v) is 6.58. The third-order valence-corrected chi connectivity index (χ3v) is 3.82. The maximum Gasteiger partial charge on any atom is 0.00534 e. The molecule has 0 aliphatic heterocycles. The van der Waals surface area contributed by atoms with E-state index in [-0.39, 0.29) is 0 Å². The molecule has 0 amide bonds. The minimum atomic E-state index is 0.297. The molecule has 0 spiro atoms. The molecule has 1 unspecified atom stereocenters. The number of hydrogen-bond donors (Lipinski definition) is 1. The van der Waals surface area contributed by atoms with Gasteiger partial charge in [0, 0.05) is 15.8 Å². The van der Waals surface area contributed by atoms with Crippen LogP contribution in [0.15, 0.2) is 12.1 Å². The summed E-state index contributed by atoms with van der Waals surface area (Å²) in [4.78, 5) is 2.99. The number of thiophene rings is 1. The standard InChI is InChI=1S/C13H23NS/c1-5-11-6-7-12(15-11)9-13(3,4)8-10(2)14/h6-7,10H,5,8-9,14H2,1-4H3. The molecule has 2 N–H and O–H groups in total. The SMILES string of the molecule is CCc1ccc(CC(C)(C)CC(C)N)s1. The van der Waals surface area contributed by atoms with E-state index in [0.717, 1.165) is 19.3 Å². The van der Waals surface area contributed by atoms with Crippen LogP contribution in [0.4, 0.5) is 0 Å². The number of rotatable bonds is 5. The van der Waals surface area contributed by atoms with Gasteiger partial charge >= 0.3 is 0 Å². The van der Waals surface area contributed by atoms with Gasteiger partial charge in [0.1, 0.15) is 0 Å². The van der Waals surface area contributed by atoms with Crippen LogP contribution < -0.4 is 5.73 Å². The highest BCUT2D eigenvalue weighted by molar-refractivity contribution is 7.11. The van der Waals surface area contributed by atoms with Crippen LogP contribution in [0.2, 0.25) is 0 Å². The second kappa shape index (κ2) is 5.13. The van der Waals surface area contributed by atoms with Crippen LogP contribution in [0, 0.1) is 5.41 Å². The number of aryl methyl sites for hydroxylation is 1. The van der Waals surface area contributed by atoms with E-state index in [1.165, 1.54) is 9.75 Å². The predicted molar refractivity (Wildman–Crippen MR) is 69.4 cm³/mol. The lowest BCUT2D eigenvalue weighted by atomic mass is 9.83. The van der Waals surface area contributed by atoms with Crippen LogP contribution >= 0.6 is 11.3 Å². The van der Waals surface area contributed by atoms with Crippen LogP contribution in [-0.4, -0.2) is 6.04 Å². The highest BCUT2D eigenvalue weighted by atomic mass is 32.1. The summed E-state index contributed by atoms with van der Waals surface area (Å²) < 4.78 is 0. The van der Waals surface area contributed by atoms with E-state index in [1.54, 1.807) is 0 Å². The quantitative estimate of drug-likeness (QED) is 0.814. The molecule has 1 atom stereocenters. The van der Waals surface area contributed by atoms with Crippen molar-refractivity contribution >= 4 is 11.3 Å². The second-order valence-electron chi connectivity index (χ2n) is 5.24. The van der Waals surface area contributed by atoms with Crippen LogP contribution in [0.3, 0.4) is 0 Å². The maximum atomic E-state index is 5.87. The molecular formula is C13H23NS. The normalized spacial score (nSPS) is 14.2. The lowest BCUT2D eigenvalue weighted by Crippen LogP contribution is -2.26. The molecule has 0 bridgehead atoms. The van der Waals surface area contributed by atoms with Gasteiger partial charge in [-0.25, -0.2) is 0 Å². The Labute approximate surface area is 97.7 Å². The summed E-state index contributed by atoms with van der Waals surface area (Å²) >= 11 is 1.95.